The fourth-order valence-electron chi connectivity index (χ4n) is 4.39. The number of esters is 1. The van der Waals surface area contributed by atoms with Gasteiger partial charge in [-0.05, 0) is 55.7 Å². The van der Waals surface area contributed by atoms with Crippen LogP contribution in [-0.4, -0.2) is 32.4 Å². The average molecular weight is 492 g/mol. The van der Waals surface area contributed by atoms with E-state index in [-0.39, 0.29) is 11.5 Å². The summed E-state index contributed by atoms with van der Waals surface area (Å²) in [6.07, 6.45) is 2.14. The summed E-state index contributed by atoms with van der Waals surface area (Å²) in [6, 6.07) is 22.0. The molecule has 0 fully saturated rings. The predicted octanol–water partition coefficient (Wildman–Crippen LogP) is 5.37. The molecule has 3 aromatic carbocycles. The van der Waals surface area contributed by atoms with Gasteiger partial charge in [-0.2, -0.15) is 4.31 Å². The molecule has 7 heteroatoms. The Bertz CT molecular complexity index is 1300. The predicted molar refractivity (Wildman–Crippen MR) is 134 cm³/mol. The maximum Gasteiger partial charge on any atom is 0.335 e. The monoisotopic (exact) mass is 491 g/mol. The number of hydrogen-bond acceptors (Lipinski definition) is 5. The fraction of sp³-hybridized carbons (Fsp3) is 0.250. The number of rotatable bonds is 7. The van der Waals surface area contributed by atoms with Crippen molar-refractivity contribution in [3.63, 3.8) is 0 Å². The molecule has 0 N–H and O–H groups in total. The van der Waals surface area contributed by atoms with Crippen molar-refractivity contribution in [1.29, 1.82) is 0 Å². The van der Waals surface area contributed by atoms with Crippen molar-refractivity contribution in [3.05, 3.63) is 107 Å². The Morgan fingerprint density at radius 3 is 2.20 bits per heavy atom. The largest absolute Gasteiger partial charge is 0.497 e. The van der Waals surface area contributed by atoms with Crippen LogP contribution in [0.1, 0.15) is 42.1 Å². The molecule has 4 rings (SSSR count). The summed E-state index contributed by atoms with van der Waals surface area (Å²) in [5, 5.41) is 0. The van der Waals surface area contributed by atoms with Gasteiger partial charge in [0, 0.05) is 0 Å². The fourth-order valence-corrected chi connectivity index (χ4v) is 6.17. The smallest absolute Gasteiger partial charge is 0.335 e. The highest BCUT2D eigenvalue weighted by Crippen LogP contribution is 2.46. The molecule has 2 atom stereocenters. The summed E-state index contributed by atoms with van der Waals surface area (Å²) in [6.45, 7) is 3.84. The minimum atomic E-state index is -4.02. The van der Waals surface area contributed by atoms with Gasteiger partial charge in [-0.3, -0.25) is 0 Å². The Balaban J connectivity index is 1.94. The maximum absolute atomic E-state index is 14.2. The van der Waals surface area contributed by atoms with E-state index in [1.165, 1.54) is 4.31 Å². The number of ether oxygens (including phenoxy) is 2. The lowest BCUT2D eigenvalue weighted by molar-refractivity contribution is -0.139. The van der Waals surface area contributed by atoms with Gasteiger partial charge in [-0.25, -0.2) is 13.2 Å². The first-order valence-corrected chi connectivity index (χ1v) is 13.0. The number of carbonyl (C=O) groups is 1. The third kappa shape index (κ3) is 5.01. The number of sulfonamides is 1. The van der Waals surface area contributed by atoms with Gasteiger partial charge < -0.3 is 9.47 Å². The van der Waals surface area contributed by atoms with E-state index in [1.54, 1.807) is 38.3 Å². The van der Waals surface area contributed by atoms with Crippen LogP contribution in [-0.2, 0) is 19.6 Å². The first-order valence-electron chi connectivity index (χ1n) is 11.5. The third-order valence-corrected chi connectivity index (χ3v) is 8.03. The summed E-state index contributed by atoms with van der Waals surface area (Å²) >= 11 is 0. The van der Waals surface area contributed by atoms with E-state index in [1.807, 2.05) is 67.6 Å². The summed E-state index contributed by atoms with van der Waals surface area (Å²) in [5.41, 5.74) is 2.78. The first kappa shape index (κ1) is 24.7. The molecule has 182 valence electrons. The molecule has 0 spiro atoms. The van der Waals surface area contributed by atoms with Gasteiger partial charge in [0.1, 0.15) is 5.75 Å². The second kappa shape index (κ2) is 10.5. The van der Waals surface area contributed by atoms with Gasteiger partial charge >= 0.3 is 5.97 Å². The van der Waals surface area contributed by atoms with Crippen molar-refractivity contribution in [3.8, 4) is 5.75 Å². The molecular weight excluding hydrogens is 462 g/mol. The van der Waals surface area contributed by atoms with E-state index in [0.29, 0.717) is 23.3 Å². The zero-order valence-corrected chi connectivity index (χ0v) is 20.9. The van der Waals surface area contributed by atoms with Gasteiger partial charge in [-0.15, -0.1) is 0 Å². The molecule has 1 heterocycles. The number of carbonyl (C=O) groups excluding carboxylic acids is 1. The lowest BCUT2D eigenvalue weighted by Crippen LogP contribution is -2.42. The van der Waals surface area contributed by atoms with Crippen LogP contribution in [0.4, 0.5) is 0 Å². The number of hydrogen-bond donors (Lipinski definition) is 0. The average Bonchev–Trinajstić information content (AvgIpc) is 2.89. The molecule has 0 amide bonds. The first-order chi connectivity index (χ1) is 16.9. The quantitative estimate of drug-likeness (QED) is 0.416. The van der Waals surface area contributed by atoms with E-state index in [0.717, 1.165) is 11.1 Å². The molecule has 0 bridgehead atoms. The summed E-state index contributed by atoms with van der Waals surface area (Å²) in [5.74, 6) is 0.165. The molecule has 1 aliphatic heterocycles. The van der Waals surface area contributed by atoms with Crippen LogP contribution >= 0.6 is 0 Å². The van der Waals surface area contributed by atoms with Gasteiger partial charge in [0.15, 0.2) is 0 Å². The molecule has 0 radical (unpaired) electrons. The van der Waals surface area contributed by atoms with E-state index in [9.17, 15) is 13.2 Å². The van der Waals surface area contributed by atoms with Crippen molar-refractivity contribution in [2.75, 3.05) is 13.7 Å². The van der Waals surface area contributed by atoms with Crippen molar-refractivity contribution < 1.29 is 22.7 Å². The van der Waals surface area contributed by atoms with Crippen LogP contribution in [0.3, 0.4) is 0 Å². The topological polar surface area (TPSA) is 72.9 Å². The van der Waals surface area contributed by atoms with Gasteiger partial charge in [0.05, 0.1) is 36.3 Å². The van der Waals surface area contributed by atoms with Crippen LogP contribution in [0, 0.1) is 6.92 Å². The molecule has 0 unspecified atom stereocenters. The highest BCUT2D eigenvalue weighted by atomic mass is 32.2. The molecule has 0 aromatic heterocycles. The normalized spacial score (nSPS) is 18.5. The van der Waals surface area contributed by atoms with Crippen LogP contribution in [0.5, 0.6) is 5.75 Å². The Morgan fingerprint density at radius 2 is 1.60 bits per heavy atom. The Labute approximate surface area is 206 Å². The number of nitrogens with zero attached hydrogens (tertiary/aromatic N) is 1. The summed E-state index contributed by atoms with van der Waals surface area (Å²) in [4.78, 5) is 13.2. The molecule has 0 saturated carbocycles. The molecule has 35 heavy (non-hydrogen) atoms. The maximum atomic E-state index is 14.2. The molecule has 6 nitrogen and oxygen atoms in total. The Kier molecular flexibility index (Phi) is 7.38. The molecular formula is C28H29NO5S. The zero-order chi connectivity index (χ0) is 25.0. The SMILES string of the molecule is CCOC(=O)C1=CC[C@@H](c2ccc(OC)cc2)N(S(=O)(=O)c2ccc(C)cc2)[C@H]1c1ccccc1. The van der Waals surface area contributed by atoms with Crippen LogP contribution in [0.2, 0.25) is 0 Å². The van der Waals surface area contributed by atoms with Crippen molar-refractivity contribution in [2.45, 2.75) is 37.2 Å². The molecule has 0 aliphatic carbocycles. The van der Waals surface area contributed by atoms with E-state index < -0.39 is 28.1 Å². The Morgan fingerprint density at radius 1 is 0.943 bits per heavy atom. The Hall–Kier alpha value is -3.42. The highest BCUT2D eigenvalue weighted by molar-refractivity contribution is 7.89. The standard InChI is InChI=1S/C28H29NO5S/c1-4-34-28(30)25-18-19-26(21-12-14-23(33-3)15-13-21)29(27(25)22-8-6-5-7-9-22)35(31,32)24-16-10-20(2)11-17-24/h5-18,26-27H,4,19H2,1-3H3/t26-,27-/m0/s1. The third-order valence-electron chi connectivity index (χ3n) is 6.14. The van der Waals surface area contributed by atoms with Gasteiger partial charge in [0.2, 0.25) is 10.0 Å². The summed E-state index contributed by atoms with van der Waals surface area (Å²) < 4.78 is 40.6. The van der Waals surface area contributed by atoms with Gasteiger partial charge in [0.25, 0.3) is 0 Å². The number of aryl methyl sites for hydroxylation is 1. The van der Waals surface area contributed by atoms with Crippen molar-refractivity contribution >= 4 is 16.0 Å². The second-order valence-corrected chi connectivity index (χ2v) is 10.2. The van der Waals surface area contributed by atoms with Gasteiger partial charge in [-0.1, -0.05) is 66.2 Å². The molecule has 0 saturated heterocycles. The highest BCUT2D eigenvalue weighted by Gasteiger charge is 2.44. The van der Waals surface area contributed by atoms with E-state index in [4.69, 9.17) is 9.47 Å². The van der Waals surface area contributed by atoms with E-state index in [2.05, 4.69) is 0 Å². The minimum Gasteiger partial charge on any atom is -0.497 e. The molecule has 3 aromatic rings. The summed E-state index contributed by atoms with van der Waals surface area (Å²) in [7, 11) is -2.43. The van der Waals surface area contributed by atoms with Crippen LogP contribution in [0.25, 0.3) is 0 Å². The lowest BCUT2D eigenvalue weighted by Gasteiger charge is -2.41. The minimum absolute atomic E-state index is 0.174. The van der Waals surface area contributed by atoms with Crippen molar-refractivity contribution in [2.24, 2.45) is 0 Å². The second-order valence-electron chi connectivity index (χ2n) is 8.37. The van der Waals surface area contributed by atoms with Crippen LogP contribution in [0.15, 0.2) is 95.4 Å². The van der Waals surface area contributed by atoms with E-state index >= 15 is 0 Å². The van der Waals surface area contributed by atoms with Crippen molar-refractivity contribution in [1.82, 2.24) is 4.31 Å². The lowest BCUT2D eigenvalue weighted by atomic mass is 9.89. The van der Waals surface area contributed by atoms with Crippen LogP contribution < -0.4 is 4.74 Å². The zero-order valence-electron chi connectivity index (χ0n) is 20.0. The molecule has 1 aliphatic rings. The number of benzene rings is 3. The number of methoxy groups -OCH3 is 1.